The molecule has 1 unspecified atom stereocenters. The van der Waals surface area contributed by atoms with Crippen molar-refractivity contribution in [2.45, 2.75) is 19.3 Å². The Balaban J connectivity index is 1.84. The second kappa shape index (κ2) is 8.38. The van der Waals surface area contributed by atoms with Crippen molar-refractivity contribution in [1.29, 1.82) is 0 Å². The highest BCUT2D eigenvalue weighted by atomic mass is 16.3. The summed E-state index contributed by atoms with van der Waals surface area (Å²) in [5.41, 5.74) is 0.752. The summed E-state index contributed by atoms with van der Waals surface area (Å²) < 4.78 is 0. The van der Waals surface area contributed by atoms with Gasteiger partial charge in [-0.15, -0.1) is 0 Å². The first-order valence-electron chi connectivity index (χ1n) is 7.70. The lowest BCUT2D eigenvalue weighted by molar-refractivity contribution is -0.126. The van der Waals surface area contributed by atoms with Crippen LogP contribution < -0.4 is 10.6 Å². The fourth-order valence-corrected chi connectivity index (χ4v) is 2.53. The normalized spacial score (nSPS) is 17.9. The monoisotopic (exact) mass is 305 g/mol. The number of piperidine rings is 1. The number of likely N-dealkylation sites (tertiary alicyclic amines) is 1. The highest BCUT2D eigenvalue weighted by Gasteiger charge is 2.28. The van der Waals surface area contributed by atoms with E-state index < -0.39 is 0 Å². The Morgan fingerprint density at radius 2 is 2.05 bits per heavy atom. The molecule has 120 valence electrons. The van der Waals surface area contributed by atoms with Crippen LogP contribution in [0.4, 0.5) is 10.5 Å². The zero-order valence-corrected chi connectivity index (χ0v) is 12.6. The number of anilines is 1. The predicted molar refractivity (Wildman–Crippen MR) is 84.5 cm³/mol. The van der Waals surface area contributed by atoms with Crippen molar-refractivity contribution in [2.24, 2.45) is 5.92 Å². The molecular weight excluding hydrogens is 282 g/mol. The van der Waals surface area contributed by atoms with E-state index in [9.17, 15) is 9.59 Å². The molecule has 22 heavy (non-hydrogen) atoms. The molecule has 6 heteroatoms. The van der Waals surface area contributed by atoms with Crippen LogP contribution in [-0.2, 0) is 4.79 Å². The van der Waals surface area contributed by atoms with Gasteiger partial charge in [0, 0.05) is 31.9 Å². The van der Waals surface area contributed by atoms with E-state index >= 15 is 0 Å². The fourth-order valence-electron chi connectivity index (χ4n) is 2.53. The molecule has 1 saturated heterocycles. The average molecular weight is 305 g/mol. The Bertz CT molecular complexity index is 493. The summed E-state index contributed by atoms with van der Waals surface area (Å²) in [6.07, 6.45) is 2.16. The topological polar surface area (TPSA) is 81.7 Å². The molecule has 1 aromatic carbocycles. The van der Waals surface area contributed by atoms with E-state index in [1.54, 1.807) is 4.90 Å². The number of aliphatic hydroxyl groups is 1. The standard InChI is InChI=1S/C16H23N3O3/c20-11-5-9-17-15(21)13-6-4-10-19(12-13)16(22)18-14-7-2-1-3-8-14/h1-3,7-8,13,20H,4-6,9-12H2,(H,17,21)(H,18,22). The molecule has 0 bridgehead atoms. The lowest BCUT2D eigenvalue weighted by Crippen LogP contribution is -2.47. The number of urea groups is 1. The molecule has 3 amide bonds. The first kappa shape index (κ1) is 16.3. The van der Waals surface area contributed by atoms with Gasteiger partial charge in [-0.05, 0) is 31.4 Å². The average Bonchev–Trinajstić information content (AvgIpc) is 2.56. The lowest BCUT2D eigenvalue weighted by Gasteiger charge is -2.32. The predicted octanol–water partition coefficient (Wildman–Crippen LogP) is 1.43. The molecule has 0 aromatic heterocycles. The molecule has 6 nitrogen and oxygen atoms in total. The number of para-hydroxylation sites is 1. The summed E-state index contributed by atoms with van der Waals surface area (Å²) in [7, 11) is 0. The van der Waals surface area contributed by atoms with Gasteiger partial charge in [0.1, 0.15) is 0 Å². The zero-order valence-electron chi connectivity index (χ0n) is 12.6. The van der Waals surface area contributed by atoms with Crippen molar-refractivity contribution in [3.05, 3.63) is 30.3 Å². The van der Waals surface area contributed by atoms with Crippen LogP contribution in [-0.4, -0.2) is 48.2 Å². The fraction of sp³-hybridized carbons (Fsp3) is 0.500. The molecule has 1 fully saturated rings. The van der Waals surface area contributed by atoms with Crippen LogP contribution in [0.2, 0.25) is 0 Å². The second-order valence-corrected chi connectivity index (χ2v) is 5.45. The summed E-state index contributed by atoms with van der Waals surface area (Å²) in [6, 6.07) is 9.12. The van der Waals surface area contributed by atoms with E-state index in [1.807, 2.05) is 30.3 Å². The first-order chi connectivity index (χ1) is 10.7. The quantitative estimate of drug-likeness (QED) is 0.720. The molecule has 1 heterocycles. The number of carbonyl (C=O) groups excluding carboxylic acids is 2. The molecule has 1 aromatic rings. The number of rotatable bonds is 5. The van der Waals surface area contributed by atoms with Crippen LogP contribution in [0.5, 0.6) is 0 Å². The van der Waals surface area contributed by atoms with Crippen LogP contribution >= 0.6 is 0 Å². The second-order valence-electron chi connectivity index (χ2n) is 5.45. The Morgan fingerprint density at radius 1 is 1.27 bits per heavy atom. The van der Waals surface area contributed by atoms with Crippen LogP contribution in [0.25, 0.3) is 0 Å². The van der Waals surface area contributed by atoms with Gasteiger partial charge in [0.05, 0.1) is 5.92 Å². The SMILES string of the molecule is O=C(NCCCO)C1CCCN(C(=O)Nc2ccccc2)C1. The van der Waals surface area contributed by atoms with Crippen molar-refractivity contribution >= 4 is 17.6 Å². The van der Waals surface area contributed by atoms with E-state index in [2.05, 4.69) is 10.6 Å². The van der Waals surface area contributed by atoms with Gasteiger partial charge in [0.2, 0.25) is 5.91 Å². The Labute approximate surface area is 130 Å². The maximum atomic E-state index is 12.2. The summed E-state index contributed by atoms with van der Waals surface area (Å²) in [5, 5.41) is 14.4. The van der Waals surface area contributed by atoms with Gasteiger partial charge in [-0.25, -0.2) is 4.79 Å². The third kappa shape index (κ3) is 4.73. The molecule has 3 N–H and O–H groups in total. The molecule has 1 atom stereocenters. The highest BCUT2D eigenvalue weighted by molar-refractivity contribution is 5.90. The number of aliphatic hydroxyl groups excluding tert-OH is 1. The third-order valence-corrected chi connectivity index (χ3v) is 3.74. The molecule has 1 aliphatic heterocycles. The van der Waals surface area contributed by atoms with E-state index in [-0.39, 0.29) is 24.5 Å². The van der Waals surface area contributed by atoms with E-state index in [4.69, 9.17) is 5.11 Å². The van der Waals surface area contributed by atoms with Gasteiger partial charge in [0.15, 0.2) is 0 Å². The Morgan fingerprint density at radius 3 is 2.77 bits per heavy atom. The van der Waals surface area contributed by atoms with E-state index in [1.165, 1.54) is 0 Å². The van der Waals surface area contributed by atoms with Gasteiger partial charge in [0.25, 0.3) is 0 Å². The molecule has 2 rings (SSSR count). The summed E-state index contributed by atoms with van der Waals surface area (Å²) >= 11 is 0. The number of carbonyl (C=O) groups is 2. The van der Waals surface area contributed by atoms with Gasteiger partial charge >= 0.3 is 6.03 Å². The smallest absolute Gasteiger partial charge is 0.321 e. The minimum Gasteiger partial charge on any atom is -0.396 e. The van der Waals surface area contributed by atoms with Crippen LogP contribution in [0, 0.1) is 5.92 Å². The van der Waals surface area contributed by atoms with Gasteiger partial charge in [-0.1, -0.05) is 18.2 Å². The molecule has 1 aliphatic rings. The van der Waals surface area contributed by atoms with Crippen LogP contribution in [0.1, 0.15) is 19.3 Å². The maximum Gasteiger partial charge on any atom is 0.321 e. The number of hydrogen-bond acceptors (Lipinski definition) is 3. The van der Waals surface area contributed by atoms with Crippen molar-refractivity contribution in [3.8, 4) is 0 Å². The number of nitrogens with one attached hydrogen (secondary N) is 2. The Kier molecular flexibility index (Phi) is 6.21. The zero-order chi connectivity index (χ0) is 15.8. The maximum absolute atomic E-state index is 12.2. The van der Waals surface area contributed by atoms with Crippen LogP contribution in [0.15, 0.2) is 30.3 Å². The van der Waals surface area contributed by atoms with Crippen molar-refractivity contribution in [2.75, 3.05) is 31.6 Å². The van der Waals surface area contributed by atoms with E-state index in [0.717, 1.165) is 18.5 Å². The van der Waals surface area contributed by atoms with Crippen molar-refractivity contribution in [3.63, 3.8) is 0 Å². The lowest BCUT2D eigenvalue weighted by atomic mass is 9.97. The first-order valence-corrected chi connectivity index (χ1v) is 7.70. The summed E-state index contributed by atoms with van der Waals surface area (Å²) in [4.78, 5) is 26.0. The highest BCUT2D eigenvalue weighted by Crippen LogP contribution is 2.18. The summed E-state index contributed by atoms with van der Waals surface area (Å²) in [5.74, 6) is -0.209. The van der Waals surface area contributed by atoms with Crippen molar-refractivity contribution in [1.82, 2.24) is 10.2 Å². The molecule has 0 aliphatic carbocycles. The summed E-state index contributed by atoms with van der Waals surface area (Å²) in [6.45, 7) is 1.64. The van der Waals surface area contributed by atoms with Gasteiger partial charge < -0.3 is 20.6 Å². The van der Waals surface area contributed by atoms with E-state index in [0.29, 0.717) is 26.1 Å². The minimum absolute atomic E-state index is 0.0364. The molecule has 0 radical (unpaired) electrons. The largest absolute Gasteiger partial charge is 0.396 e. The number of benzene rings is 1. The number of nitrogens with zero attached hydrogens (tertiary/aromatic N) is 1. The number of amides is 3. The third-order valence-electron chi connectivity index (χ3n) is 3.74. The minimum atomic E-state index is -0.172. The molecular formula is C16H23N3O3. The van der Waals surface area contributed by atoms with Crippen molar-refractivity contribution < 1.29 is 14.7 Å². The Hall–Kier alpha value is -2.08. The van der Waals surface area contributed by atoms with Crippen LogP contribution in [0.3, 0.4) is 0 Å². The number of hydrogen-bond donors (Lipinski definition) is 3. The van der Waals surface area contributed by atoms with Gasteiger partial charge in [-0.3, -0.25) is 4.79 Å². The molecule has 0 saturated carbocycles. The molecule has 0 spiro atoms. The van der Waals surface area contributed by atoms with Gasteiger partial charge in [-0.2, -0.15) is 0 Å².